The van der Waals surface area contributed by atoms with Crippen molar-refractivity contribution < 1.29 is 19.1 Å². The van der Waals surface area contributed by atoms with Gasteiger partial charge in [-0.15, -0.1) is 0 Å². The van der Waals surface area contributed by atoms with Crippen LogP contribution in [0.3, 0.4) is 0 Å². The van der Waals surface area contributed by atoms with Gasteiger partial charge in [-0.2, -0.15) is 0 Å². The summed E-state index contributed by atoms with van der Waals surface area (Å²) in [7, 11) is 0. The number of rotatable bonds is 12. The van der Waals surface area contributed by atoms with Crippen LogP contribution in [-0.4, -0.2) is 56.3 Å². The molecule has 0 radical (unpaired) electrons. The Morgan fingerprint density at radius 2 is 1.34 bits per heavy atom. The van der Waals surface area contributed by atoms with Gasteiger partial charge < -0.3 is 35.2 Å². The normalized spacial score (nSPS) is 13.3. The van der Waals surface area contributed by atoms with E-state index in [0.717, 1.165) is 65.4 Å². The van der Waals surface area contributed by atoms with Crippen LogP contribution in [0.15, 0.2) is 78.9 Å². The zero-order valence-electron chi connectivity index (χ0n) is 29.4. The number of aryl methyl sites for hydroxylation is 1. The highest BCUT2D eigenvalue weighted by molar-refractivity contribution is 7.80. The third-order valence-electron chi connectivity index (χ3n) is 9.63. The van der Waals surface area contributed by atoms with Crippen molar-refractivity contribution in [3.63, 3.8) is 0 Å². The van der Waals surface area contributed by atoms with Crippen LogP contribution in [-0.2, 0) is 16.9 Å². The fraction of sp³-hybridized carbons (Fsp3) is 0.325. The Bertz CT molecular complexity index is 1860. The summed E-state index contributed by atoms with van der Waals surface area (Å²) >= 11 is 5.56. The Morgan fingerprint density at radius 1 is 0.740 bits per heavy atom. The molecule has 260 valence electrons. The van der Waals surface area contributed by atoms with E-state index in [1.807, 2.05) is 61.5 Å². The molecule has 0 aromatic heterocycles. The lowest BCUT2D eigenvalue weighted by Gasteiger charge is -2.38. The van der Waals surface area contributed by atoms with E-state index in [4.69, 9.17) is 21.7 Å². The topological polar surface area (TPSA) is 95.2 Å². The SMILES string of the molecule is CCN(CC)c1ccc2c(c1)Oc1cc(N(CC)CC)ccc1C21OC(=O)c2ccc(CNC(=S)NCCNC(=O)c3ccccc3C)cc21. The van der Waals surface area contributed by atoms with Crippen molar-refractivity contribution >= 4 is 40.6 Å². The molecule has 2 aliphatic heterocycles. The summed E-state index contributed by atoms with van der Waals surface area (Å²) in [5, 5.41) is 9.84. The monoisotopic (exact) mass is 691 g/mol. The highest BCUT2D eigenvalue weighted by Gasteiger charge is 2.53. The van der Waals surface area contributed by atoms with Crippen LogP contribution in [0.25, 0.3) is 0 Å². The first-order valence-corrected chi connectivity index (χ1v) is 17.8. The summed E-state index contributed by atoms with van der Waals surface area (Å²) in [5.41, 5.74) is 6.33. The number of carbonyl (C=O) groups is 2. The van der Waals surface area contributed by atoms with E-state index in [9.17, 15) is 9.59 Å². The molecule has 6 rings (SSSR count). The van der Waals surface area contributed by atoms with E-state index in [1.165, 1.54) is 0 Å². The van der Waals surface area contributed by atoms with Crippen molar-refractivity contribution in [1.29, 1.82) is 0 Å². The summed E-state index contributed by atoms with van der Waals surface area (Å²) in [6, 6.07) is 25.6. The van der Waals surface area contributed by atoms with Crippen molar-refractivity contribution in [1.82, 2.24) is 16.0 Å². The molecule has 50 heavy (non-hydrogen) atoms. The Hall–Kier alpha value is -5.09. The van der Waals surface area contributed by atoms with E-state index in [-0.39, 0.29) is 11.9 Å². The van der Waals surface area contributed by atoms with Crippen molar-refractivity contribution in [2.24, 2.45) is 0 Å². The number of hydrogen-bond donors (Lipinski definition) is 3. The predicted octanol–water partition coefficient (Wildman–Crippen LogP) is 6.65. The number of esters is 1. The molecule has 0 aliphatic carbocycles. The van der Waals surface area contributed by atoms with Gasteiger partial charge in [-0.1, -0.05) is 24.3 Å². The molecular formula is C40H45N5O4S. The van der Waals surface area contributed by atoms with Gasteiger partial charge in [0.25, 0.3) is 5.91 Å². The molecule has 4 aromatic carbocycles. The number of thiocarbonyl (C=S) groups is 1. The van der Waals surface area contributed by atoms with Crippen LogP contribution >= 0.6 is 12.2 Å². The molecule has 0 unspecified atom stereocenters. The molecule has 2 aliphatic rings. The smallest absolute Gasteiger partial charge is 0.340 e. The molecule has 0 fully saturated rings. The molecule has 0 bridgehead atoms. The van der Waals surface area contributed by atoms with Crippen molar-refractivity contribution in [2.75, 3.05) is 49.1 Å². The van der Waals surface area contributed by atoms with Gasteiger partial charge in [0.05, 0.1) is 5.56 Å². The fourth-order valence-electron chi connectivity index (χ4n) is 6.95. The number of hydrogen-bond acceptors (Lipinski definition) is 7. The van der Waals surface area contributed by atoms with E-state index in [2.05, 4.69) is 77.7 Å². The molecule has 2 heterocycles. The van der Waals surface area contributed by atoms with Gasteiger partial charge in [0, 0.05) is 91.6 Å². The van der Waals surface area contributed by atoms with E-state index in [1.54, 1.807) is 0 Å². The molecule has 4 aromatic rings. The molecule has 9 nitrogen and oxygen atoms in total. The van der Waals surface area contributed by atoms with Gasteiger partial charge in [-0.3, -0.25) is 4.79 Å². The van der Waals surface area contributed by atoms with Crippen molar-refractivity contribution in [3.05, 3.63) is 118 Å². The molecule has 3 N–H and O–H groups in total. The average molecular weight is 692 g/mol. The lowest BCUT2D eigenvalue weighted by molar-refractivity contribution is 0.0224. The Balaban J connectivity index is 1.26. The number of fused-ring (bicyclic) bond motifs is 6. The summed E-state index contributed by atoms with van der Waals surface area (Å²) in [6.07, 6.45) is 0. The third-order valence-corrected chi connectivity index (χ3v) is 9.92. The van der Waals surface area contributed by atoms with E-state index in [0.29, 0.717) is 47.4 Å². The number of carbonyl (C=O) groups excluding carboxylic acids is 2. The quantitative estimate of drug-likeness (QED) is 0.0858. The Labute approximate surface area is 300 Å². The maximum absolute atomic E-state index is 13.6. The van der Waals surface area contributed by atoms with E-state index < -0.39 is 5.60 Å². The van der Waals surface area contributed by atoms with Crippen molar-refractivity contribution in [2.45, 2.75) is 46.8 Å². The Kier molecular flexibility index (Phi) is 10.3. The molecule has 0 saturated heterocycles. The van der Waals surface area contributed by atoms with Crippen LogP contribution in [0.1, 0.15) is 76.2 Å². The largest absolute Gasteiger partial charge is 0.456 e. The van der Waals surface area contributed by atoms with Crippen LogP contribution in [0.2, 0.25) is 0 Å². The molecule has 10 heteroatoms. The number of benzene rings is 4. The maximum atomic E-state index is 13.6. The number of nitrogens with one attached hydrogen (secondary N) is 3. The van der Waals surface area contributed by atoms with Crippen LogP contribution < -0.4 is 30.5 Å². The van der Waals surface area contributed by atoms with Crippen LogP contribution in [0.4, 0.5) is 11.4 Å². The molecule has 1 amide bonds. The van der Waals surface area contributed by atoms with Crippen molar-refractivity contribution in [3.8, 4) is 11.5 Å². The van der Waals surface area contributed by atoms with E-state index >= 15 is 0 Å². The van der Waals surface area contributed by atoms with Gasteiger partial charge in [-0.25, -0.2) is 4.79 Å². The second kappa shape index (κ2) is 14.8. The zero-order valence-corrected chi connectivity index (χ0v) is 30.2. The summed E-state index contributed by atoms with van der Waals surface area (Å²) in [4.78, 5) is 30.7. The third kappa shape index (κ3) is 6.47. The summed E-state index contributed by atoms with van der Waals surface area (Å²) in [5.74, 6) is 0.853. The minimum Gasteiger partial charge on any atom is -0.456 e. The lowest BCUT2D eigenvalue weighted by Crippen LogP contribution is -2.40. The van der Waals surface area contributed by atoms with Gasteiger partial charge in [0.2, 0.25) is 0 Å². The van der Waals surface area contributed by atoms with Crippen LogP contribution in [0.5, 0.6) is 11.5 Å². The first kappa shape index (κ1) is 34.8. The number of amides is 1. The molecule has 1 spiro atoms. The second-order valence-electron chi connectivity index (χ2n) is 12.4. The van der Waals surface area contributed by atoms with Gasteiger partial charge in [0.15, 0.2) is 10.7 Å². The minimum atomic E-state index is -1.18. The number of anilines is 2. The first-order chi connectivity index (χ1) is 24.2. The van der Waals surface area contributed by atoms with Gasteiger partial charge >= 0.3 is 5.97 Å². The number of nitrogens with zero attached hydrogens (tertiary/aromatic N) is 2. The maximum Gasteiger partial charge on any atom is 0.340 e. The zero-order chi connectivity index (χ0) is 35.4. The molecule has 0 atom stereocenters. The molecule has 0 saturated carbocycles. The fourth-order valence-corrected chi connectivity index (χ4v) is 7.12. The highest BCUT2D eigenvalue weighted by atomic mass is 32.1. The second-order valence-corrected chi connectivity index (χ2v) is 12.8. The van der Waals surface area contributed by atoms with Gasteiger partial charge in [0.1, 0.15) is 11.5 Å². The minimum absolute atomic E-state index is 0.113. The lowest BCUT2D eigenvalue weighted by atomic mass is 9.77. The first-order valence-electron chi connectivity index (χ1n) is 17.4. The Morgan fingerprint density at radius 3 is 1.94 bits per heavy atom. The van der Waals surface area contributed by atoms with Gasteiger partial charge in [-0.05, 0) is 100 Å². The summed E-state index contributed by atoms with van der Waals surface area (Å²) in [6.45, 7) is 15.2. The number of ether oxygens (including phenoxy) is 2. The standard InChI is InChI=1S/C40H45N5O4S/c1-6-44(7-2)28-15-18-32-35(23-28)48-36-24-29(45(8-3)9-4)16-19-33(36)40(32)34-22-27(14-17-31(34)38(47)49-40)25-43-39(50)42-21-20-41-37(46)30-13-11-10-12-26(30)5/h10-19,22-24H,6-9,20-21,25H2,1-5H3,(H,41,46)(H2,42,43,50). The predicted molar refractivity (Wildman–Crippen MR) is 203 cm³/mol. The average Bonchev–Trinajstić information content (AvgIpc) is 3.41. The highest BCUT2D eigenvalue weighted by Crippen LogP contribution is 2.57. The summed E-state index contributed by atoms with van der Waals surface area (Å²) < 4.78 is 13.2. The molecular weight excluding hydrogens is 647 g/mol. The van der Waals surface area contributed by atoms with Crippen LogP contribution in [0, 0.1) is 6.92 Å².